The van der Waals surface area contributed by atoms with E-state index in [0.29, 0.717) is 0 Å². The summed E-state index contributed by atoms with van der Waals surface area (Å²) in [5, 5.41) is 1.22. The fourth-order valence-corrected chi connectivity index (χ4v) is 2.89. The van der Waals surface area contributed by atoms with Gasteiger partial charge in [0.15, 0.2) is 0 Å². The van der Waals surface area contributed by atoms with Crippen LogP contribution >= 0.6 is 0 Å². The molecule has 1 N–H and O–H groups in total. The molecule has 0 fully saturated rings. The lowest BCUT2D eigenvalue weighted by molar-refractivity contribution is 0.415. The SMILES string of the molecule is COc1ccc2[nH]c3c(c2c1)CCN=C3c1ccccn1. The molecule has 1 aliphatic heterocycles. The largest absolute Gasteiger partial charge is 0.497 e. The van der Waals surface area contributed by atoms with Gasteiger partial charge in [-0.05, 0) is 42.3 Å². The van der Waals surface area contributed by atoms with Gasteiger partial charge in [-0.2, -0.15) is 0 Å². The van der Waals surface area contributed by atoms with Crippen molar-refractivity contribution in [2.45, 2.75) is 6.42 Å². The van der Waals surface area contributed by atoms with Crippen LogP contribution in [0.2, 0.25) is 0 Å². The van der Waals surface area contributed by atoms with E-state index < -0.39 is 0 Å². The van der Waals surface area contributed by atoms with Gasteiger partial charge in [-0.3, -0.25) is 9.98 Å². The van der Waals surface area contributed by atoms with Crippen molar-refractivity contribution in [1.82, 2.24) is 9.97 Å². The molecular formula is C17H15N3O. The number of ether oxygens (including phenoxy) is 1. The number of aromatic amines is 1. The van der Waals surface area contributed by atoms with Crippen molar-refractivity contribution in [1.29, 1.82) is 0 Å². The van der Waals surface area contributed by atoms with Crippen molar-refractivity contribution in [2.75, 3.05) is 13.7 Å². The Kier molecular flexibility index (Phi) is 2.74. The fraction of sp³-hybridized carbons (Fsp3) is 0.176. The predicted molar refractivity (Wildman–Crippen MR) is 83.3 cm³/mol. The maximum absolute atomic E-state index is 5.34. The number of pyridine rings is 1. The lowest BCUT2D eigenvalue weighted by atomic mass is 10.0. The first-order valence-corrected chi connectivity index (χ1v) is 7.01. The summed E-state index contributed by atoms with van der Waals surface area (Å²) >= 11 is 0. The number of nitrogens with one attached hydrogen (secondary N) is 1. The third kappa shape index (κ3) is 1.91. The van der Waals surface area contributed by atoms with E-state index in [2.05, 4.69) is 27.1 Å². The minimum Gasteiger partial charge on any atom is -0.497 e. The third-order valence-electron chi connectivity index (χ3n) is 3.89. The molecule has 3 aromatic rings. The van der Waals surface area contributed by atoms with Crippen LogP contribution in [0.4, 0.5) is 0 Å². The monoisotopic (exact) mass is 277 g/mol. The Bertz CT molecular complexity index is 834. The highest BCUT2D eigenvalue weighted by molar-refractivity contribution is 6.14. The zero-order chi connectivity index (χ0) is 14.2. The highest BCUT2D eigenvalue weighted by Gasteiger charge is 2.21. The van der Waals surface area contributed by atoms with Gasteiger partial charge in [0.25, 0.3) is 0 Å². The van der Waals surface area contributed by atoms with Crippen LogP contribution in [0.3, 0.4) is 0 Å². The maximum Gasteiger partial charge on any atom is 0.119 e. The molecule has 0 spiro atoms. The molecule has 1 aliphatic rings. The van der Waals surface area contributed by atoms with E-state index >= 15 is 0 Å². The van der Waals surface area contributed by atoms with E-state index in [1.54, 1.807) is 13.3 Å². The van der Waals surface area contributed by atoms with Gasteiger partial charge in [0.1, 0.15) is 11.5 Å². The molecule has 0 atom stereocenters. The predicted octanol–water partition coefficient (Wildman–Crippen LogP) is 2.97. The number of hydrogen-bond acceptors (Lipinski definition) is 3. The molecule has 0 bridgehead atoms. The van der Waals surface area contributed by atoms with Gasteiger partial charge in [-0.1, -0.05) is 6.07 Å². The van der Waals surface area contributed by atoms with E-state index in [9.17, 15) is 0 Å². The van der Waals surface area contributed by atoms with Gasteiger partial charge in [-0.25, -0.2) is 0 Å². The second kappa shape index (κ2) is 4.74. The normalized spacial score (nSPS) is 13.9. The fourth-order valence-electron chi connectivity index (χ4n) is 2.89. The molecule has 0 saturated heterocycles. The molecule has 0 aliphatic carbocycles. The molecule has 0 amide bonds. The number of rotatable bonds is 2. The van der Waals surface area contributed by atoms with Crippen molar-refractivity contribution >= 4 is 16.6 Å². The second-order valence-corrected chi connectivity index (χ2v) is 5.09. The van der Waals surface area contributed by atoms with Gasteiger partial charge in [0.2, 0.25) is 0 Å². The second-order valence-electron chi connectivity index (χ2n) is 5.09. The Balaban J connectivity index is 1.92. The molecule has 104 valence electrons. The average molecular weight is 277 g/mol. The number of hydrogen-bond donors (Lipinski definition) is 1. The quantitative estimate of drug-likeness (QED) is 0.783. The van der Waals surface area contributed by atoms with Crippen molar-refractivity contribution in [3.05, 3.63) is 59.5 Å². The molecule has 2 aromatic heterocycles. The first-order chi connectivity index (χ1) is 10.4. The Morgan fingerprint density at radius 1 is 1.19 bits per heavy atom. The Hall–Kier alpha value is -2.62. The van der Waals surface area contributed by atoms with Gasteiger partial charge in [0, 0.05) is 23.6 Å². The minimum absolute atomic E-state index is 0.795. The molecule has 1 aromatic carbocycles. The number of aromatic nitrogens is 2. The smallest absolute Gasteiger partial charge is 0.119 e. The molecule has 3 heterocycles. The summed E-state index contributed by atoms with van der Waals surface area (Å²) < 4.78 is 5.34. The third-order valence-corrected chi connectivity index (χ3v) is 3.89. The van der Waals surface area contributed by atoms with Crippen LogP contribution in [0.25, 0.3) is 10.9 Å². The highest BCUT2D eigenvalue weighted by atomic mass is 16.5. The topological polar surface area (TPSA) is 50.3 Å². The van der Waals surface area contributed by atoms with Crippen molar-refractivity contribution in [3.8, 4) is 5.75 Å². The summed E-state index contributed by atoms with van der Waals surface area (Å²) in [4.78, 5) is 12.6. The number of methoxy groups -OCH3 is 1. The van der Waals surface area contributed by atoms with E-state index in [0.717, 1.165) is 41.3 Å². The Morgan fingerprint density at radius 2 is 2.14 bits per heavy atom. The molecule has 0 radical (unpaired) electrons. The maximum atomic E-state index is 5.34. The van der Waals surface area contributed by atoms with Gasteiger partial charge < -0.3 is 9.72 Å². The van der Waals surface area contributed by atoms with E-state index in [1.165, 1.54) is 10.9 Å². The standard InChI is InChI=1S/C17H15N3O/c1-21-11-5-6-14-13(10-11)12-7-9-19-17(16(12)20-14)15-4-2-3-8-18-15/h2-6,8,10,20H,7,9H2,1H3. The molecule has 21 heavy (non-hydrogen) atoms. The lowest BCUT2D eigenvalue weighted by Gasteiger charge is -2.12. The van der Waals surface area contributed by atoms with Crippen molar-refractivity contribution in [3.63, 3.8) is 0 Å². The zero-order valence-electron chi connectivity index (χ0n) is 11.8. The van der Waals surface area contributed by atoms with Crippen LogP contribution in [-0.4, -0.2) is 29.3 Å². The van der Waals surface area contributed by atoms with Crippen molar-refractivity contribution < 1.29 is 4.74 Å². The van der Waals surface area contributed by atoms with Crippen LogP contribution in [0.15, 0.2) is 47.6 Å². The average Bonchev–Trinajstić information content (AvgIpc) is 2.93. The summed E-state index contributed by atoms with van der Waals surface area (Å²) in [5.74, 6) is 0.881. The number of H-pyrrole nitrogens is 1. The zero-order valence-corrected chi connectivity index (χ0v) is 11.8. The van der Waals surface area contributed by atoms with Gasteiger partial charge in [-0.15, -0.1) is 0 Å². The number of aliphatic imine (C=N–C) groups is 1. The molecule has 4 nitrogen and oxygen atoms in total. The highest BCUT2D eigenvalue weighted by Crippen LogP contribution is 2.30. The van der Waals surface area contributed by atoms with Crippen LogP contribution in [0, 0.1) is 0 Å². The number of benzene rings is 1. The molecule has 4 heteroatoms. The Morgan fingerprint density at radius 3 is 2.95 bits per heavy atom. The summed E-state index contributed by atoms with van der Waals surface area (Å²) in [5.41, 5.74) is 5.37. The Labute approximate surface area is 122 Å². The van der Waals surface area contributed by atoms with Crippen molar-refractivity contribution in [2.24, 2.45) is 4.99 Å². The molecule has 0 saturated carbocycles. The molecule has 4 rings (SSSR count). The minimum atomic E-state index is 0.795. The first kappa shape index (κ1) is 12.1. The van der Waals surface area contributed by atoms with Gasteiger partial charge in [0.05, 0.1) is 18.5 Å². The molecule has 0 unspecified atom stereocenters. The van der Waals surface area contributed by atoms with E-state index in [1.807, 2.05) is 24.3 Å². The summed E-state index contributed by atoms with van der Waals surface area (Å²) in [6.45, 7) is 0.795. The van der Waals surface area contributed by atoms with Crippen LogP contribution in [-0.2, 0) is 6.42 Å². The summed E-state index contributed by atoms with van der Waals surface area (Å²) in [7, 11) is 1.70. The number of nitrogens with zero attached hydrogens (tertiary/aromatic N) is 2. The van der Waals surface area contributed by atoms with E-state index in [4.69, 9.17) is 4.74 Å². The summed E-state index contributed by atoms with van der Waals surface area (Å²) in [6.07, 6.45) is 2.75. The van der Waals surface area contributed by atoms with Crippen LogP contribution < -0.4 is 4.74 Å². The van der Waals surface area contributed by atoms with Crippen LogP contribution in [0.1, 0.15) is 17.0 Å². The lowest BCUT2D eigenvalue weighted by Crippen LogP contribution is -2.14. The number of fused-ring (bicyclic) bond motifs is 3. The first-order valence-electron chi connectivity index (χ1n) is 7.01. The van der Waals surface area contributed by atoms with E-state index in [-0.39, 0.29) is 0 Å². The molecular weight excluding hydrogens is 262 g/mol. The van der Waals surface area contributed by atoms with Crippen LogP contribution in [0.5, 0.6) is 5.75 Å². The summed E-state index contributed by atoms with van der Waals surface area (Å²) in [6, 6.07) is 12.0. The van der Waals surface area contributed by atoms with Gasteiger partial charge >= 0.3 is 0 Å².